The Labute approximate surface area is 94.3 Å². The number of anilines is 1. The van der Waals surface area contributed by atoms with Gasteiger partial charge in [-0.05, 0) is 13.3 Å². The predicted octanol–water partition coefficient (Wildman–Crippen LogP) is 0.0818. The molecule has 0 aliphatic carbocycles. The first kappa shape index (κ1) is 11.1. The molecule has 0 saturated carbocycles. The Hall–Kier alpha value is -1.36. The van der Waals surface area contributed by atoms with Gasteiger partial charge in [-0.3, -0.25) is 4.79 Å². The summed E-state index contributed by atoms with van der Waals surface area (Å²) in [5.74, 6) is 0.789. The summed E-state index contributed by atoms with van der Waals surface area (Å²) in [4.78, 5) is 18.1. The molecule has 1 aliphatic heterocycles. The summed E-state index contributed by atoms with van der Waals surface area (Å²) in [6.07, 6.45) is 4.29. The van der Waals surface area contributed by atoms with Crippen LogP contribution in [-0.4, -0.2) is 34.4 Å². The Morgan fingerprint density at radius 1 is 1.62 bits per heavy atom. The molecule has 1 atom stereocenters. The molecule has 0 amide bonds. The topological polar surface area (TPSA) is 58.4 Å². The average Bonchev–Trinajstić information content (AvgIpc) is 2.78. The first-order chi connectivity index (χ1) is 7.76. The van der Waals surface area contributed by atoms with E-state index in [0.717, 1.165) is 19.5 Å². The molecule has 0 bridgehead atoms. The third-order valence-electron chi connectivity index (χ3n) is 3.08. The van der Waals surface area contributed by atoms with Gasteiger partial charge in [0.25, 0.3) is 5.56 Å². The number of hydrogen-bond acceptors (Lipinski definition) is 4. The quantitative estimate of drug-likeness (QED) is 0.788. The number of aliphatic hydroxyl groups excluding tert-OH is 1. The fourth-order valence-electron chi connectivity index (χ4n) is 2.08. The maximum absolute atomic E-state index is 12.0. The molecular weight excluding hydrogens is 206 g/mol. The van der Waals surface area contributed by atoms with Crippen molar-refractivity contribution >= 4 is 5.82 Å². The molecule has 1 fully saturated rings. The van der Waals surface area contributed by atoms with Crippen molar-refractivity contribution in [2.75, 3.05) is 24.6 Å². The van der Waals surface area contributed by atoms with Crippen molar-refractivity contribution in [3.63, 3.8) is 0 Å². The molecule has 0 aromatic carbocycles. The molecule has 5 nitrogen and oxygen atoms in total. The highest BCUT2D eigenvalue weighted by atomic mass is 16.3. The Balaban J connectivity index is 2.25. The van der Waals surface area contributed by atoms with Crippen LogP contribution < -0.4 is 10.5 Å². The molecular formula is C11H17N3O2. The van der Waals surface area contributed by atoms with Gasteiger partial charge >= 0.3 is 0 Å². The van der Waals surface area contributed by atoms with E-state index in [1.165, 1.54) is 0 Å². The summed E-state index contributed by atoms with van der Waals surface area (Å²) in [6, 6.07) is 0. The van der Waals surface area contributed by atoms with Gasteiger partial charge in [-0.25, -0.2) is 4.98 Å². The van der Waals surface area contributed by atoms with E-state index in [-0.39, 0.29) is 18.1 Å². The summed E-state index contributed by atoms with van der Waals surface area (Å²) in [6.45, 7) is 4.32. The van der Waals surface area contributed by atoms with Crippen LogP contribution in [0.3, 0.4) is 0 Å². The van der Waals surface area contributed by atoms with Crippen LogP contribution in [0.2, 0.25) is 0 Å². The Morgan fingerprint density at radius 2 is 2.44 bits per heavy atom. The van der Waals surface area contributed by atoms with E-state index in [1.54, 1.807) is 17.0 Å². The average molecular weight is 223 g/mol. The van der Waals surface area contributed by atoms with Gasteiger partial charge in [0.2, 0.25) is 0 Å². The highest BCUT2D eigenvalue weighted by Gasteiger charge is 2.24. The third-order valence-corrected chi connectivity index (χ3v) is 3.08. The molecule has 0 unspecified atom stereocenters. The van der Waals surface area contributed by atoms with Gasteiger partial charge in [-0.1, -0.05) is 0 Å². The van der Waals surface area contributed by atoms with Crippen LogP contribution in [0.5, 0.6) is 0 Å². The highest BCUT2D eigenvalue weighted by Crippen LogP contribution is 2.18. The molecule has 2 heterocycles. The number of hydrogen-bond donors (Lipinski definition) is 1. The molecule has 1 N–H and O–H groups in total. The molecule has 2 rings (SSSR count). The van der Waals surface area contributed by atoms with E-state index < -0.39 is 0 Å². The minimum absolute atomic E-state index is 0.0383. The second-order valence-electron chi connectivity index (χ2n) is 4.13. The van der Waals surface area contributed by atoms with Crippen molar-refractivity contribution < 1.29 is 5.11 Å². The standard InChI is InChI=1S/C11H17N3O2/c1-2-13-6-4-12-10(11(13)16)14-5-3-9(7-14)8-15/h4,6,9,15H,2-3,5,7-8H2,1H3/t9-/m1/s1. The van der Waals surface area contributed by atoms with Crippen LogP contribution >= 0.6 is 0 Å². The molecule has 0 spiro atoms. The second kappa shape index (κ2) is 4.65. The van der Waals surface area contributed by atoms with Crippen molar-refractivity contribution in [1.29, 1.82) is 0 Å². The lowest BCUT2D eigenvalue weighted by Crippen LogP contribution is -2.31. The van der Waals surface area contributed by atoms with E-state index in [1.807, 2.05) is 11.8 Å². The maximum atomic E-state index is 12.0. The fraction of sp³-hybridized carbons (Fsp3) is 0.636. The number of rotatable bonds is 3. The molecule has 1 aromatic rings. The van der Waals surface area contributed by atoms with Crippen molar-refractivity contribution in [2.45, 2.75) is 19.9 Å². The first-order valence-corrected chi connectivity index (χ1v) is 5.67. The molecule has 0 radical (unpaired) electrons. The fourth-order valence-corrected chi connectivity index (χ4v) is 2.08. The number of aryl methyl sites for hydroxylation is 1. The van der Waals surface area contributed by atoms with E-state index in [2.05, 4.69) is 4.98 Å². The predicted molar refractivity (Wildman–Crippen MR) is 61.6 cm³/mol. The minimum atomic E-state index is -0.0383. The largest absolute Gasteiger partial charge is 0.396 e. The summed E-state index contributed by atoms with van der Waals surface area (Å²) in [5.41, 5.74) is -0.0383. The van der Waals surface area contributed by atoms with Crippen LogP contribution in [0.4, 0.5) is 5.82 Å². The molecule has 16 heavy (non-hydrogen) atoms. The van der Waals surface area contributed by atoms with Crippen molar-refractivity contribution in [3.05, 3.63) is 22.7 Å². The van der Waals surface area contributed by atoms with Crippen molar-refractivity contribution in [1.82, 2.24) is 9.55 Å². The van der Waals surface area contributed by atoms with Gasteiger partial charge in [-0.2, -0.15) is 0 Å². The van der Waals surface area contributed by atoms with Gasteiger partial charge in [0.1, 0.15) is 0 Å². The van der Waals surface area contributed by atoms with Crippen LogP contribution in [0.15, 0.2) is 17.2 Å². The summed E-state index contributed by atoms with van der Waals surface area (Å²) in [7, 11) is 0. The molecule has 88 valence electrons. The van der Waals surface area contributed by atoms with E-state index in [4.69, 9.17) is 5.11 Å². The lowest BCUT2D eigenvalue weighted by Gasteiger charge is -2.16. The minimum Gasteiger partial charge on any atom is -0.396 e. The third kappa shape index (κ3) is 1.95. The van der Waals surface area contributed by atoms with E-state index in [9.17, 15) is 4.79 Å². The van der Waals surface area contributed by atoms with Gasteiger partial charge < -0.3 is 14.6 Å². The second-order valence-corrected chi connectivity index (χ2v) is 4.13. The summed E-state index contributed by atoms with van der Waals surface area (Å²) >= 11 is 0. The zero-order valence-electron chi connectivity index (χ0n) is 9.46. The van der Waals surface area contributed by atoms with E-state index >= 15 is 0 Å². The van der Waals surface area contributed by atoms with Crippen LogP contribution in [0.25, 0.3) is 0 Å². The lowest BCUT2D eigenvalue weighted by atomic mass is 10.1. The highest BCUT2D eigenvalue weighted by molar-refractivity contribution is 5.37. The molecule has 1 aromatic heterocycles. The lowest BCUT2D eigenvalue weighted by molar-refractivity contribution is 0.238. The summed E-state index contributed by atoms with van der Waals surface area (Å²) in [5, 5.41) is 9.07. The normalized spacial score (nSPS) is 20.4. The Kier molecular flexibility index (Phi) is 3.24. The molecule has 1 saturated heterocycles. The zero-order valence-corrected chi connectivity index (χ0v) is 9.46. The number of nitrogens with zero attached hydrogens (tertiary/aromatic N) is 3. The SMILES string of the molecule is CCn1ccnc(N2CC[C@@H](CO)C2)c1=O. The van der Waals surface area contributed by atoms with Gasteiger partial charge in [0.05, 0.1) is 0 Å². The van der Waals surface area contributed by atoms with Gasteiger partial charge in [0, 0.05) is 44.6 Å². The van der Waals surface area contributed by atoms with Gasteiger partial charge in [0.15, 0.2) is 5.82 Å². The molecule has 1 aliphatic rings. The number of aromatic nitrogens is 2. The van der Waals surface area contributed by atoms with Crippen molar-refractivity contribution in [3.8, 4) is 0 Å². The summed E-state index contributed by atoms with van der Waals surface area (Å²) < 4.78 is 1.65. The smallest absolute Gasteiger partial charge is 0.293 e. The maximum Gasteiger partial charge on any atom is 0.293 e. The monoisotopic (exact) mass is 223 g/mol. The first-order valence-electron chi connectivity index (χ1n) is 5.67. The Bertz CT molecular complexity index is 416. The van der Waals surface area contributed by atoms with Gasteiger partial charge in [-0.15, -0.1) is 0 Å². The van der Waals surface area contributed by atoms with Crippen molar-refractivity contribution in [2.24, 2.45) is 5.92 Å². The van der Waals surface area contributed by atoms with Crippen LogP contribution in [-0.2, 0) is 6.54 Å². The van der Waals surface area contributed by atoms with E-state index in [0.29, 0.717) is 12.4 Å². The van der Waals surface area contributed by atoms with Crippen LogP contribution in [0.1, 0.15) is 13.3 Å². The number of aliphatic hydroxyl groups is 1. The van der Waals surface area contributed by atoms with Crippen LogP contribution in [0, 0.1) is 5.92 Å². The molecule has 5 heteroatoms. The zero-order chi connectivity index (χ0) is 11.5. The Morgan fingerprint density at radius 3 is 3.06 bits per heavy atom.